The van der Waals surface area contributed by atoms with Crippen LogP contribution in [0.5, 0.6) is 0 Å². The number of H-pyrrole nitrogens is 1. The zero-order valence-electron chi connectivity index (χ0n) is 13.4. The topological polar surface area (TPSA) is 79.6 Å². The van der Waals surface area contributed by atoms with Crippen LogP contribution in [-0.4, -0.2) is 26.3 Å². The third kappa shape index (κ3) is 3.15. The van der Waals surface area contributed by atoms with Crippen molar-refractivity contribution < 1.29 is 13.3 Å². The third-order valence-corrected chi connectivity index (χ3v) is 3.93. The number of hydrogen-bond acceptors (Lipinski definition) is 5. The van der Waals surface area contributed by atoms with Crippen LogP contribution in [0.3, 0.4) is 0 Å². The Hall–Kier alpha value is -3.03. The fraction of sp³-hybridized carbons (Fsp3) is 0.235. The maximum atomic E-state index is 13.0. The van der Waals surface area contributed by atoms with E-state index in [-0.39, 0.29) is 12.8 Å². The molecule has 0 aliphatic carbocycles. The van der Waals surface area contributed by atoms with E-state index >= 15 is 0 Å². The average molecular weight is 343 g/mol. The predicted octanol–water partition coefficient (Wildman–Crippen LogP) is 4.43. The van der Waals surface area contributed by atoms with E-state index in [0.29, 0.717) is 17.1 Å². The largest absolute Gasteiger partial charge is 0.356 e. The molecule has 2 N–H and O–H groups in total. The fourth-order valence-electron chi connectivity index (χ4n) is 2.66. The number of nitrogens with zero attached hydrogens (tertiary/aromatic N) is 3. The first-order valence-corrected chi connectivity index (χ1v) is 7.82. The lowest BCUT2D eigenvalue weighted by molar-refractivity contribution is 0.0130. The van der Waals surface area contributed by atoms with Crippen molar-refractivity contribution in [1.82, 2.24) is 20.3 Å². The molecule has 0 radical (unpaired) electrons. The van der Waals surface area contributed by atoms with Gasteiger partial charge in [0.25, 0.3) is 0 Å². The molecule has 0 bridgehead atoms. The Balaban J connectivity index is 1.59. The summed E-state index contributed by atoms with van der Waals surface area (Å²) in [6.07, 6.45) is 1.59. The summed E-state index contributed by atoms with van der Waals surface area (Å²) in [5.74, 6) is -2.12. The fourth-order valence-corrected chi connectivity index (χ4v) is 2.66. The Bertz CT molecular complexity index is 1030. The van der Waals surface area contributed by atoms with E-state index in [2.05, 4.69) is 25.7 Å². The standard InChI is InChI=1S/C17H15F2N5O/c1-17(18,19)7-6-12-11-5-4-10(9-14(11)25-24-12)21-16-15-13(22-23-16)3-2-8-20-15/h2-5,8-9H,6-7H2,1H3,(H2,21,22,23). The van der Waals surface area contributed by atoms with Gasteiger partial charge in [-0.25, -0.2) is 8.78 Å². The number of aryl methyl sites for hydroxylation is 1. The quantitative estimate of drug-likeness (QED) is 0.560. The number of aromatic amines is 1. The Labute approximate surface area is 141 Å². The summed E-state index contributed by atoms with van der Waals surface area (Å²) in [4.78, 5) is 4.29. The molecule has 25 heavy (non-hydrogen) atoms. The zero-order valence-corrected chi connectivity index (χ0v) is 13.4. The van der Waals surface area contributed by atoms with Crippen molar-refractivity contribution in [3.63, 3.8) is 0 Å². The lowest BCUT2D eigenvalue weighted by atomic mass is 10.1. The number of halogens is 2. The van der Waals surface area contributed by atoms with Crippen molar-refractivity contribution in [2.24, 2.45) is 0 Å². The molecule has 128 valence electrons. The second-order valence-electron chi connectivity index (χ2n) is 6.01. The van der Waals surface area contributed by atoms with Crippen LogP contribution in [0.4, 0.5) is 20.3 Å². The van der Waals surface area contributed by atoms with Gasteiger partial charge in [-0.3, -0.25) is 10.1 Å². The number of anilines is 2. The highest BCUT2D eigenvalue weighted by Crippen LogP contribution is 2.28. The van der Waals surface area contributed by atoms with E-state index in [1.54, 1.807) is 18.3 Å². The summed E-state index contributed by atoms with van der Waals surface area (Å²) < 4.78 is 31.3. The van der Waals surface area contributed by atoms with Crippen molar-refractivity contribution >= 4 is 33.5 Å². The molecule has 6 nitrogen and oxygen atoms in total. The van der Waals surface area contributed by atoms with Gasteiger partial charge >= 0.3 is 0 Å². The van der Waals surface area contributed by atoms with E-state index in [1.165, 1.54) is 0 Å². The summed E-state index contributed by atoms with van der Waals surface area (Å²) in [6, 6.07) is 9.11. The van der Waals surface area contributed by atoms with Crippen molar-refractivity contribution in [1.29, 1.82) is 0 Å². The van der Waals surface area contributed by atoms with E-state index in [4.69, 9.17) is 4.52 Å². The second kappa shape index (κ2) is 5.80. The minimum Gasteiger partial charge on any atom is -0.356 e. The molecule has 4 aromatic rings. The van der Waals surface area contributed by atoms with Gasteiger partial charge in [0.15, 0.2) is 11.4 Å². The van der Waals surface area contributed by atoms with Gasteiger partial charge in [0, 0.05) is 29.8 Å². The maximum Gasteiger partial charge on any atom is 0.245 e. The molecule has 0 saturated carbocycles. The molecule has 8 heteroatoms. The van der Waals surface area contributed by atoms with Crippen molar-refractivity contribution in [3.8, 4) is 0 Å². The molecule has 0 amide bonds. The van der Waals surface area contributed by atoms with Crippen LogP contribution in [0.2, 0.25) is 0 Å². The van der Waals surface area contributed by atoms with Crippen LogP contribution in [-0.2, 0) is 6.42 Å². The molecule has 4 rings (SSSR count). The van der Waals surface area contributed by atoms with Crippen LogP contribution in [0.15, 0.2) is 41.1 Å². The van der Waals surface area contributed by atoms with Crippen molar-refractivity contribution in [2.75, 3.05) is 5.32 Å². The zero-order chi connectivity index (χ0) is 17.4. The minimum absolute atomic E-state index is 0.164. The molecule has 0 unspecified atom stereocenters. The molecule has 3 aromatic heterocycles. The third-order valence-electron chi connectivity index (χ3n) is 3.93. The molecule has 0 saturated heterocycles. The SMILES string of the molecule is CC(F)(F)CCc1noc2cc(Nc3n[nH]c4cccnc34)ccc12. The monoisotopic (exact) mass is 343 g/mol. The molecule has 1 aromatic carbocycles. The summed E-state index contributed by atoms with van der Waals surface area (Å²) in [6.45, 7) is 0.902. The Morgan fingerprint density at radius 2 is 2.16 bits per heavy atom. The van der Waals surface area contributed by atoms with Gasteiger partial charge < -0.3 is 9.84 Å². The Kier molecular flexibility index (Phi) is 3.60. The number of rotatable bonds is 5. The number of fused-ring (bicyclic) bond motifs is 2. The van der Waals surface area contributed by atoms with Crippen molar-refractivity contribution in [3.05, 3.63) is 42.2 Å². The van der Waals surface area contributed by atoms with Crippen LogP contribution >= 0.6 is 0 Å². The number of nitrogens with one attached hydrogen (secondary N) is 2. The second-order valence-corrected chi connectivity index (χ2v) is 6.01. The summed E-state index contributed by atoms with van der Waals surface area (Å²) in [5.41, 5.74) is 3.37. The number of benzene rings is 1. The number of aromatic nitrogens is 4. The van der Waals surface area contributed by atoms with Gasteiger partial charge in [0.2, 0.25) is 5.92 Å². The number of hydrogen-bond donors (Lipinski definition) is 2. The van der Waals surface area contributed by atoms with E-state index in [1.807, 2.05) is 18.2 Å². The van der Waals surface area contributed by atoms with Gasteiger partial charge in [-0.15, -0.1) is 0 Å². The molecule has 0 aliphatic heterocycles. The predicted molar refractivity (Wildman–Crippen MR) is 90.1 cm³/mol. The van der Waals surface area contributed by atoms with Gasteiger partial charge in [-0.1, -0.05) is 5.16 Å². The first-order valence-electron chi connectivity index (χ1n) is 7.82. The Morgan fingerprint density at radius 1 is 1.28 bits per heavy atom. The van der Waals surface area contributed by atoms with Gasteiger partial charge in [-0.2, -0.15) is 5.10 Å². The molecule has 3 heterocycles. The molecule has 0 aliphatic rings. The molecule has 0 fully saturated rings. The lowest BCUT2D eigenvalue weighted by Gasteiger charge is -2.07. The highest BCUT2D eigenvalue weighted by Gasteiger charge is 2.22. The van der Waals surface area contributed by atoms with Crippen LogP contribution in [0.25, 0.3) is 22.0 Å². The highest BCUT2D eigenvalue weighted by molar-refractivity contribution is 5.89. The molecular formula is C17H15F2N5O. The van der Waals surface area contributed by atoms with Gasteiger partial charge in [0.05, 0.1) is 11.2 Å². The maximum absolute atomic E-state index is 13.0. The molecular weight excluding hydrogens is 328 g/mol. The van der Waals surface area contributed by atoms with Gasteiger partial charge in [-0.05, 0) is 37.6 Å². The van der Waals surface area contributed by atoms with Crippen LogP contribution in [0, 0.1) is 0 Å². The van der Waals surface area contributed by atoms with E-state index in [0.717, 1.165) is 29.0 Å². The normalized spacial score (nSPS) is 12.1. The van der Waals surface area contributed by atoms with Crippen LogP contribution < -0.4 is 5.32 Å². The lowest BCUT2D eigenvalue weighted by Crippen LogP contribution is -2.10. The van der Waals surface area contributed by atoms with Crippen molar-refractivity contribution in [2.45, 2.75) is 25.7 Å². The summed E-state index contributed by atoms with van der Waals surface area (Å²) in [7, 11) is 0. The number of pyridine rings is 1. The van der Waals surface area contributed by atoms with E-state index in [9.17, 15) is 8.78 Å². The van der Waals surface area contributed by atoms with Crippen LogP contribution in [0.1, 0.15) is 19.0 Å². The summed E-state index contributed by atoms with van der Waals surface area (Å²) >= 11 is 0. The number of alkyl halides is 2. The highest BCUT2D eigenvalue weighted by atomic mass is 19.3. The first kappa shape index (κ1) is 15.5. The van der Waals surface area contributed by atoms with Gasteiger partial charge in [0.1, 0.15) is 5.52 Å². The smallest absolute Gasteiger partial charge is 0.245 e. The molecule has 0 atom stereocenters. The van der Waals surface area contributed by atoms with E-state index < -0.39 is 5.92 Å². The minimum atomic E-state index is -2.72. The average Bonchev–Trinajstić information content (AvgIpc) is 3.17. The first-order chi connectivity index (χ1) is 12.0. The molecule has 0 spiro atoms. The summed E-state index contributed by atoms with van der Waals surface area (Å²) in [5, 5.41) is 14.9. The Morgan fingerprint density at radius 3 is 3.00 bits per heavy atom.